The molecule has 0 atom stereocenters. The molecule has 1 aliphatic carbocycles. The van der Waals surface area contributed by atoms with Crippen LogP contribution in [0.25, 0.3) is 5.69 Å². The van der Waals surface area contributed by atoms with Crippen LogP contribution in [0.15, 0.2) is 55.1 Å². The summed E-state index contributed by atoms with van der Waals surface area (Å²) in [4.78, 5) is 20.7. The Balaban J connectivity index is 1.51. The minimum Gasteiger partial charge on any atom is -0.474 e. The van der Waals surface area contributed by atoms with Crippen molar-refractivity contribution >= 4 is 11.7 Å². The van der Waals surface area contributed by atoms with Crippen molar-refractivity contribution < 1.29 is 9.53 Å². The van der Waals surface area contributed by atoms with E-state index in [1.165, 1.54) is 6.42 Å². The predicted molar refractivity (Wildman–Crippen MR) is 91.8 cm³/mol. The second-order valence-electron chi connectivity index (χ2n) is 5.84. The molecule has 0 aromatic carbocycles. The van der Waals surface area contributed by atoms with Gasteiger partial charge >= 0.3 is 0 Å². The zero-order chi connectivity index (χ0) is 17.1. The third-order valence-electron chi connectivity index (χ3n) is 4.13. The van der Waals surface area contributed by atoms with Crippen molar-refractivity contribution in [2.24, 2.45) is 0 Å². The molecule has 0 bridgehead atoms. The molecule has 4 rings (SSSR count). The van der Waals surface area contributed by atoms with Crippen molar-refractivity contribution in [1.82, 2.24) is 19.7 Å². The average Bonchev–Trinajstić information content (AvgIpc) is 3.07. The van der Waals surface area contributed by atoms with Gasteiger partial charge in [-0.25, -0.2) is 9.67 Å². The molecule has 1 amide bonds. The first-order chi connectivity index (χ1) is 12.3. The Hall–Kier alpha value is -3.22. The second kappa shape index (κ2) is 6.72. The highest BCUT2D eigenvalue weighted by Crippen LogP contribution is 2.24. The monoisotopic (exact) mass is 335 g/mol. The van der Waals surface area contributed by atoms with Crippen LogP contribution in [0.3, 0.4) is 0 Å². The van der Waals surface area contributed by atoms with Crippen LogP contribution in [-0.4, -0.2) is 31.8 Å². The highest BCUT2D eigenvalue weighted by molar-refractivity contribution is 6.04. The molecule has 7 heteroatoms. The zero-order valence-corrected chi connectivity index (χ0v) is 13.5. The second-order valence-corrected chi connectivity index (χ2v) is 5.84. The Kier molecular flexibility index (Phi) is 4.12. The molecule has 3 aromatic heterocycles. The Morgan fingerprint density at radius 1 is 1.12 bits per heavy atom. The SMILES string of the molecule is O=C(Nc1ccnn1-c1ccncc1)c1ccnc(OC2CCC2)c1. The summed E-state index contributed by atoms with van der Waals surface area (Å²) in [5, 5.41) is 7.12. The highest BCUT2D eigenvalue weighted by Gasteiger charge is 2.20. The lowest BCUT2D eigenvalue weighted by atomic mass is 9.96. The predicted octanol–water partition coefficient (Wildman–Crippen LogP) is 2.85. The standard InChI is InChI=1S/C18H17N5O2/c24-18(13-4-10-20-17(12-13)25-15-2-1-3-15)22-16-7-11-21-23(16)14-5-8-19-9-6-14/h4-12,15H,1-3H2,(H,22,24). The minimum absolute atomic E-state index is 0.221. The van der Waals surface area contributed by atoms with Gasteiger partial charge in [0.05, 0.1) is 11.9 Å². The number of carbonyl (C=O) groups is 1. The Labute approximate surface area is 144 Å². The van der Waals surface area contributed by atoms with Crippen LogP contribution in [0, 0.1) is 0 Å². The number of ether oxygens (including phenoxy) is 1. The lowest BCUT2D eigenvalue weighted by molar-refractivity contribution is 0.101. The van der Waals surface area contributed by atoms with Crippen LogP contribution in [-0.2, 0) is 0 Å². The lowest BCUT2D eigenvalue weighted by Crippen LogP contribution is -2.25. The average molecular weight is 335 g/mol. The highest BCUT2D eigenvalue weighted by atomic mass is 16.5. The molecule has 1 fully saturated rings. The Morgan fingerprint density at radius 2 is 1.96 bits per heavy atom. The molecule has 1 aliphatic rings. The zero-order valence-electron chi connectivity index (χ0n) is 13.5. The largest absolute Gasteiger partial charge is 0.474 e. The number of amides is 1. The van der Waals surface area contributed by atoms with Crippen LogP contribution < -0.4 is 10.1 Å². The van der Waals surface area contributed by atoms with E-state index in [0.717, 1.165) is 18.5 Å². The van der Waals surface area contributed by atoms with Crippen LogP contribution in [0.4, 0.5) is 5.82 Å². The molecule has 126 valence electrons. The van der Waals surface area contributed by atoms with Gasteiger partial charge in [-0.3, -0.25) is 9.78 Å². The van der Waals surface area contributed by atoms with Gasteiger partial charge in [0.25, 0.3) is 5.91 Å². The molecule has 7 nitrogen and oxygen atoms in total. The van der Waals surface area contributed by atoms with Crippen LogP contribution in [0.2, 0.25) is 0 Å². The van der Waals surface area contributed by atoms with Crippen molar-refractivity contribution in [2.45, 2.75) is 25.4 Å². The molecular formula is C18H17N5O2. The van der Waals surface area contributed by atoms with E-state index in [1.54, 1.807) is 47.7 Å². The van der Waals surface area contributed by atoms with Gasteiger partial charge in [-0.2, -0.15) is 5.10 Å². The summed E-state index contributed by atoms with van der Waals surface area (Å²) in [6.45, 7) is 0. The van der Waals surface area contributed by atoms with Gasteiger partial charge in [0.1, 0.15) is 11.9 Å². The van der Waals surface area contributed by atoms with Crippen molar-refractivity contribution in [3.63, 3.8) is 0 Å². The summed E-state index contributed by atoms with van der Waals surface area (Å²) < 4.78 is 7.40. The normalized spacial score (nSPS) is 13.9. The van der Waals surface area contributed by atoms with Gasteiger partial charge in [-0.05, 0) is 37.5 Å². The van der Waals surface area contributed by atoms with Gasteiger partial charge in [-0.1, -0.05) is 0 Å². The number of nitrogens with zero attached hydrogens (tertiary/aromatic N) is 4. The van der Waals surface area contributed by atoms with Crippen molar-refractivity contribution in [3.8, 4) is 11.6 Å². The maximum absolute atomic E-state index is 12.6. The van der Waals surface area contributed by atoms with E-state index in [-0.39, 0.29) is 12.0 Å². The number of pyridine rings is 2. The summed E-state index contributed by atoms with van der Waals surface area (Å²) in [5.74, 6) is 0.825. The fourth-order valence-corrected chi connectivity index (χ4v) is 2.55. The van der Waals surface area contributed by atoms with Crippen LogP contribution >= 0.6 is 0 Å². The molecule has 25 heavy (non-hydrogen) atoms. The van der Waals surface area contributed by atoms with Gasteiger partial charge in [0.2, 0.25) is 5.88 Å². The number of aromatic nitrogens is 4. The van der Waals surface area contributed by atoms with Gasteiger partial charge in [-0.15, -0.1) is 0 Å². The fourth-order valence-electron chi connectivity index (χ4n) is 2.55. The molecular weight excluding hydrogens is 318 g/mol. The topological polar surface area (TPSA) is 81.9 Å². The number of anilines is 1. The Bertz CT molecular complexity index is 874. The van der Waals surface area contributed by atoms with Crippen molar-refractivity contribution in [1.29, 1.82) is 0 Å². The number of rotatable bonds is 5. The van der Waals surface area contributed by atoms with Crippen LogP contribution in [0.1, 0.15) is 29.6 Å². The van der Waals surface area contributed by atoms with Crippen molar-refractivity contribution in [2.75, 3.05) is 5.32 Å². The molecule has 0 saturated heterocycles. The molecule has 0 spiro atoms. The van der Waals surface area contributed by atoms with E-state index in [9.17, 15) is 4.79 Å². The number of hydrogen-bond donors (Lipinski definition) is 1. The molecule has 3 aromatic rings. The minimum atomic E-state index is -0.239. The molecule has 3 heterocycles. The number of carbonyl (C=O) groups excluding carboxylic acids is 1. The maximum atomic E-state index is 12.6. The smallest absolute Gasteiger partial charge is 0.257 e. The van der Waals surface area contributed by atoms with Crippen molar-refractivity contribution in [3.05, 3.63) is 60.7 Å². The summed E-state index contributed by atoms with van der Waals surface area (Å²) in [6.07, 6.45) is 10.1. The Morgan fingerprint density at radius 3 is 2.72 bits per heavy atom. The van der Waals surface area contributed by atoms with Gasteiger partial charge in [0, 0.05) is 36.3 Å². The van der Waals surface area contributed by atoms with E-state index in [1.807, 2.05) is 12.1 Å². The van der Waals surface area contributed by atoms with Gasteiger partial charge < -0.3 is 10.1 Å². The van der Waals surface area contributed by atoms with E-state index in [4.69, 9.17) is 4.74 Å². The quantitative estimate of drug-likeness (QED) is 0.775. The molecule has 0 aliphatic heterocycles. The summed E-state index contributed by atoms with van der Waals surface area (Å²) in [6, 6.07) is 8.71. The summed E-state index contributed by atoms with van der Waals surface area (Å²) >= 11 is 0. The molecule has 1 N–H and O–H groups in total. The van der Waals surface area contributed by atoms with E-state index in [0.29, 0.717) is 17.3 Å². The van der Waals surface area contributed by atoms with E-state index >= 15 is 0 Å². The lowest BCUT2D eigenvalue weighted by Gasteiger charge is -2.25. The molecule has 1 saturated carbocycles. The molecule has 0 radical (unpaired) electrons. The fraction of sp³-hybridized carbons (Fsp3) is 0.222. The summed E-state index contributed by atoms with van der Waals surface area (Å²) in [7, 11) is 0. The first-order valence-corrected chi connectivity index (χ1v) is 8.18. The number of hydrogen-bond acceptors (Lipinski definition) is 5. The van der Waals surface area contributed by atoms with Crippen LogP contribution in [0.5, 0.6) is 5.88 Å². The first kappa shape index (κ1) is 15.3. The van der Waals surface area contributed by atoms with Gasteiger partial charge in [0.15, 0.2) is 0 Å². The molecule has 0 unspecified atom stereocenters. The third kappa shape index (κ3) is 3.35. The maximum Gasteiger partial charge on any atom is 0.257 e. The number of nitrogens with one attached hydrogen (secondary N) is 1. The summed E-state index contributed by atoms with van der Waals surface area (Å²) in [5.41, 5.74) is 1.31. The van der Waals surface area contributed by atoms with E-state index < -0.39 is 0 Å². The third-order valence-corrected chi connectivity index (χ3v) is 4.13. The first-order valence-electron chi connectivity index (χ1n) is 8.18. The van der Waals surface area contributed by atoms with E-state index in [2.05, 4.69) is 20.4 Å².